The summed E-state index contributed by atoms with van der Waals surface area (Å²) in [7, 11) is -3.17. The Labute approximate surface area is 106 Å². The fraction of sp³-hybridized carbons (Fsp3) is 0.364. The molecule has 0 radical (unpaired) electrons. The first-order chi connectivity index (χ1) is 7.99. The van der Waals surface area contributed by atoms with E-state index in [2.05, 4.69) is 4.99 Å². The maximum absolute atomic E-state index is 11.7. The van der Waals surface area contributed by atoms with E-state index in [0.29, 0.717) is 22.8 Å². The molecule has 0 saturated heterocycles. The smallest absolute Gasteiger partial charge is 0.178 e. The first kappa shape index (κ1) is 14.0. The summed E-state index contributed by atoms with van der Waals surface area (Å²) in [5.74, 6) is 0.603. The van der Waals surface area contributed by atoms with Crippen LogP contribution in [0.5, 0.6) is 0 Å². The highest BCUT2D eigenvalue weighted by Crippen LogP contribution is 2.18. The topological polar surface area (TPSA) is 72.5 Å². The SMILES string of the molecule is CCCS(=O)(=O)c1ccc(N=C(N)CCl)cc1. The molecule has 0 saturated carbocycles. The first-order valence-corrected chi connectivity index (χ1v) is 7.40. The quantitative estimate of drug-likeness (QED) is 0.508. The Morgan fingerprint density at radius 1 is 1.35 bits per heavy atom. The van der Waals surface area contributed by atoms with Gasteiger partial charge in [0.1, 0.15) is 5.84 Å². The minimum atomic E-state index is -3.17. The summed E-state index contributed by atoms with van der Waals surface area (Å²) in [6, 6.07) is 6.29. The second-order valence-corrected chi connectivity index (χ2v) is 5.93. The maximum atomic E-state index is 11.7. The number of rotatable bonds is 5. The number of halogens is 1. The molecular weight excluding hydrogens is 260 g/mol. The normalized spacial score (nSPS) is 12.7. The van der Waals surface area contributed by atoms with Gasteiger partial charge >= 0.3 is 0 Å². The van der Waals surface area contributed by atoms with Crippen molar-refractivity contribution in [2.45, 2.75) is 18.2 Å². The number of aliphatic imine (C=N–C) groups is 1. The van der Waals surface area contributed by atoms with E-state index in [0.717, 1.165) is 0 Å². The van der Waals surface area contributed by atoms with Crippen LogP contribution in [0.1, 0.15) is 13.3 Å². The molecule has 0 spiro atoms. The molecule has 1 aromatic rings. The summed E-state index contributed by atoms with van der Waals surface area (Å²) in [4.78, 5) is 4.32. The summed E-state index contributed by atoms with van der Waals surface area (Å²) in [5.41, 5.74) is 6.07. The number of hydrogen-bond acceptors (Lipinski definition) is 3. The van der Waals surface area contributed by atoms with Gasteiger partial charge in [-0.1, -0.05) is 6.92 Å². The molecule has 94 valence electrons. The summed E-state index contributed by atoms with van der Waals surface area (Å²) < 4.78 is 23.5. The van der Waals surface area contributed by atoms with Crippen molar-refractivity contribution in [3.63, 3.8) is 0 Å². The molecule has 0 atom stereocenters. The molecule has 1 aromatic carbocycles. The van der Waals surface area contributed by atoms with Crippen molar-refractivity contribution in [3.05, 3.63) is 24.3 Å². The number of hydrogen-bond donors (Lipinski definition) is 1. The summed E-state index contributed by atoms with van der Waals surface area (Å²) in [6.45, 7) is 1.83. The molecule has 0 aliphatic carbocycles. The van der Waals surface area contributed by atoms with Crippen LogP contribution in [-0.4, -0.2) is 25.9 Å². The summed E-state index contributed by atoms with van der Waals surface area (Å²) >= 11 is 5.50. The monoisotopic (exact) mass is 274 g/mol. The fourth-order valence-electron chi connectivity index (χ4n) is 1.31. The van der Waals surface area contributed by atoms with Crippen LogP contribution in [0.15, 0.2) is 34.2 Å². The molecule has 0 aliphatic rings. The molecule has 0 aromatic heterocycles. The highest BCUT2D eigenvalue weighted by atomic mass is 35.5. The summed E-state index contributed by atoms with van der Waals surface area (Å²) in [6.07, 6.45) is 0.599. The second kappa shape index (κ2) is 6.02. The van der Waals surface area contributed by atoms with Gasteiger partial charge in [0.2, 0.25) is 0 Å². The van der Waals surface area contributed by atoms with E-state index in [4.69, 9.17) is 17.3 Å². The summed E-state index contributed by atoms with van der Waals surface area (Å²) in [5, 5.41) is 0. The third-order valence-electron chi connectivity index (χ3n) is 2.08. The van der Waals surface area contributed by atoms with Crippen LogP contribution in [-0.2, 0) is 9.84 Å². The molecule has 0 fully saturated rings. The van der Waals surface area contributed by atoms with Gasteiger partial charge in [-0.15, -0.1) is 11.6 Å². The third kappa shape index (κ3) is 4.02. The van der Waals surface area contributed by atoms with Crippen LogP contribution in [0.2, 0.25) is 0 Å². The van der Waals surface area contributed by atoms with Gasteiger partial charge in [-0.05, 0) is 30.7 Å². The number of alkyl halides is 1. The number of benzene rings is 1. The van der Waals surface area contributed by atoms with Crippen molar-refractivity contribution < 1.29 is 8.42 Å². The van der Waals surface area contributed by atoms with E-state index < -0.39 is 9.84 Å². The van der Waals surface area contributed by atoms with Gasteiger partial charge in [-0.25, -0.2) is 13.4 Å². The average molecular weight is 275 g/mol. The largest absolute Gasteiger partial charge is 0.386 e. The van der Waals surface area contributed by atoms with Gasteiger partial charge in [-0.3, -0.25) is 0 Å². The molecule has 1 rings (SSSR count). The molecule has 4 nitrogen and oxygen atoms in total. The zero-order valence-electron chi connectivity index (χ0n) is 9.56. The molecule has 0 bridgehead atoms. The molecule has 0 unspecified atom stereocenters. The molecule has 6 heteroatoms. The zero-order valence-corrected chi connectivity index (χ0v) is 11.1. The Bertz CT molecular complexity index is 495. The molecule has 0 aliphatic heterocycles. The molecule has 0 heterocycles. The van der Waals surface area contributed by atoms with E-state index in [9.17, 15) is 8.42 Å². The van der Waals surface area contributed by atoms with Crippen LogP contribution in [0.4, 0.5) is 5.69 Å². The lowest BCUT2D eigenvalue weighted by molar-refractivity contribution is 0.595. The lowest BCUT2D eigenvalue weighted by Gasteiger charge is -2.03. The Morgan fingerprint density at radius 2 is 1.94 bits per heavy atom. The van der Waals surface area contributed by atoms with Gasteiger partial charge in [0.05, 0.1) is 22.2 Å². The van der Waals surface area contributed by atoms with E-state index in [1.807, 2.05) is 6.92 Å². The van der Waals surface area contributed by atoms with Crippen LogP contribution in [0, 0.1) is 0 Å². The predicted octanol–water partition coefficient (Wildman–Crippen LogP) is 2.10. The highest BCUT2D eigenvalue weighted by molar-refractivity contribution is 7.91. The van der Waals surface area contributed by atoms with Gasteiger partial charge in [-0.2, -0.15) is 0 Å². The van der Waals surface area contributed by atoms with Crippen molar-refractivity contribution >= 4 is 33.0 Å². The minimum absolute atomic E-state index is 0.149. The van der Waals surface area contributed by atoms with Gasteiger partial charge in [0, 0.05) is 0 Å². The fourth-order valence-corrected chi connectivity index (χ4v) is 2.69. The lowest BCUT2D eigenvalue weighted by Crippen LogP contribution is -2.12. The van der Waals surface area contributed by atoms with Crippen LogP contribution >= 0.6 is 11.6 Å². The van der Waals surface area contributed by atoms with Crippen molar-refractivity contribution in [1.29, 1.82) is 0 Å². The van der Waals surface area contributed by atoms with Crippen molar-refractivity contribution in [1.82, 2.24) is 0 Å². The Morgan fingerprint density at radius 3 is 2.41 bits per heavy atom. The zero-order chi connectivity index (χ0) is 12.9. The van der Waals surface area contributed by atoms with E-state index in [1.54, 1.807) is 12.1 Å². The minimum Gasteiger partial charge on any atom is -0.386 e. The second-order valence-electron chi connectivity index (χ2n) is 3.55. The average Bonchev–Trinajstić information content (AvgIpc) is 2.29. The van der Waals surface area contributed by atoms with E-state index in [1.165, 1.54) is 12.1 Å². The standard InChI is InChI=1S/C11H15ClN2O2S/c1-2-7-17(15,16)10-5-3-9(4-6-10)14-11(13)8-12/h3-6H,2,7-8H2,1H3,(H2,13,14). The first-order valence-electron chi connectivity index (χ1n) is 5.21. The number of nitrogens with zero attached hydrogens (tertiary/aromatic N) is 1. The molecule has 17 heavy (non-hydrogen) atoms. The third-order valence-corrected chi connectivity index (χ3v) is 4.29. The van der Waals surface area contributed by atoms with Crippen molar-refractivity contribution in [2.24, 2.45) is 10.7 Å². The predicted molar refractivity (Wildman–Crippen MR) is 70.8 cm³/mol. The van der Waals surface area contributed by atoms with Crippen molar-refractivity contribution in [2.75, 3.05) is 11.6 Å². The number of sulfone groups is 1. The number of amidine groups is 1. The van der Waals surface area contributed by atoms with E-state index in [-0.39, 0.29) is 11.6 Å². The molecular formula is C11H15ClN2O2S. The Hall–Kier alpha value is -1.07. The van der Waals surface area contributed by atoms with E-state index >= 15 is 0 Å². The molecule has 0 amide bonds. The van der Waals surface area contributed by atoms with Crippen molar-refractivity contribution in [3.8, 4) is 0 Å². The van der Waals surface area contributed by atoms with Gasteiger partial charge < -0.3 is 5.73 Å². The Kier molecular flexibility index (Phi) is 4.96. The number of nitrogens with two attached hydrogens (primary N) is 1. The molecule has 2 N–H and O–H groups in total. The maximum Gasteiger partial charge on any atom is 0.178 e. The highest BCUT2D eigenvalue weighted by Gasteiger charge is 2.12. The Balaban J connectivity index is 2.96. The van der Waals surface area contributed by atoms with Crippen LogP contribution < -0.4 is 5.73 Å². The van der Waals surface area contributed by atoms with Crippen LogP contribution in [0.3, 0.4) is 0 Å². The van der Waals surface area contributed by atoms with Crippen LogP contribution in [0.25, 0.3) is 0 Å². The van der Waals surface area contributed by atoms with Gasteiger partial charge in [0.15, 0.2) is 9.84 Å². The van der Waals surface area contributed by atoms with Gasteiger partial charge in [0.25, 0.3) is 0 Å². The lowest BCUT2D eigenvalue weighted by atomic mass is 10.3.